The Labute approximate surface area is 145 Å². The van der Waals surface area contributed by atoms with E-state index in [1.54, 1.807) is 26.4 Å². The van der Waals surface area contributed by atoms with Gasteiger partial charge in [0.1, 0.15) is 17.5 Å². The lowest BCUT2D eigenvalue weighted by atomic mass is 10.3. The molecular formula is C15H13BrF2N6. The van der Waals surface area contributed by atoms with Crippen LogP contribution in [0.25, 0.3) is 5.69 Å². The highest BCUT2D eigenvalue weighted by molar-refractivity contribution is 9.10. The number of nitrogens with one attached hydrogen (secondary N) is 2. The Morgan fingerprint density at radius 3 is 2.54 bits per heavy atom. The van der Waals surface area contributed by atoms with Gasteiger partial charge in [0, 0.05) is 19.3 Å². The van der Waals surface area contributed by atoms with Gasteiger partial charge in [-0.25, -0.2) is 18.4 Å². The third-order valence-corrected chi connectivity index (χ3v) is 3.82. The van der Waals surface area contributed by atoms with Gasteiger partial charge >= 0.3 is 0 Å². The minimum Gasteiger partial charge on any atom is -0.372 e. The summed E-state index contributed by atoms with van der Waals surface area (Å²) >= 11 is 3.34. The standard InChI is InChI=1S/C15H13BrF2N6/c1-8-13(21-15-20-6-12(16)14(19-2)22-15)7-24(23-8)11-4-9(17)3-10(18)5-11/h3-7H,1-2H3,(H2,19,20,21,22). The Morgan fingerprint density at radius 2 is 1.88 bits per heavy atom. The van der Waals surface area contributed by atoms with Gasteiger partial charge in [-0.15, -0.1) is 0 Å². The zero-order valence-corrected chi connectivity index (χ0v) is 14.4. The van der Waals surface area contributed by atoms with E-state index in [-0.39, 0.29) is 5.69 Å². The highest BCUT2D eigenvalue weighted by Crippen LogP contribution is 2.23. The first-order valence-electron chi connectivity index (χ1n) is 6.96. The largest absolute Gasteiger partial charge is 0.372 e. The van der Waals surface area contributed by atoms with Crippen LogP contribution in [0.3, 0.4) is 0 Å². The summed E-state index contributed by atoms with van der Waals surface area (Å²) in [5.74, 6) is -0.328. The molecule has 0 fully saturated rings. The lowest BCUT2D eigenvalue weighted by Gasteiger charge is -2.06. The molecule has 0 saturated carbocycles. The first-order chi connectivity index (χ1) is 11.5. The van der Waals surface area contributed by atoms with Crippen LogP contribution in [0.15, 0.2) is 35.1 Å². The van der Waals surface area contributed by atoms with E-state index in [1.807, 2.05) is 0 Å². The second-order valence-electron chi connectivity index (χ2n) is 4.97. The number of hydrogen-bond acceptors (Lipinski definition) is 5. The van der Waals surface area contributed by atoms with Crippen LogP contribution in [0, 0.1) is 18.6 Å². The van der Waals surface area contributed by atoms with E-state index in [4.69, 9.17) is 0 Å². The molecule has 2 N–H and O–H groups in total. The summed E-state index contributed by atoms with van der Waals surface area (Å²) in [5.41, 5.74) is 1.55. The molecule has 0 saturated heterocycles. The van der Waals surface area contributed by atoms with Crippen molar-refractivity contribution in [3.63, 3.8) is 0 Å². The van der Waals surface area contributed by atoms with Crippen molar-refractivity contribution in [3.05, 3.63) is 52.4 Å². The fourth-order valence-electron chi connectivity index (χ4n) is 2.11. The zero-order valence-electron chi connectivity index (χ0n) is 12.8. The van der Waals surface area contributed by atoms with Gasteiger partial charge in [-0.3, -0.25) is 0 Å². The molecule has 0 aliphatic carbocycles. The Bertz CT molecular complexity index is 875. The summed E-state index contributed by atoms with van der Waals surface area (Å²) < 4.78 is 28.8. The quantitative estimate of drug-likeness (QED) is 0.704. The van der Waals surface area contributed by atoms with E-state index in [1.165, 1.54) is 16.8 Å². The molecule has 1 aromatic carbocycles. The van der Waals surface area contributed by atoms with Crippen molar-refractivity contribution in [3.8, 4) is 5.69 Å². The van der Waals surface area contributed by atoms with Crippen LogP contribution in [0.2, 0.25) is 0 Å². The molecule has 2 aromatic heterocycles. The predicted octanol–water partition coefficient (Wildman–Crippen LogP) is 3.80. The maximum Gasteiger partial charge on any atom is 0.229 e. The van der Waals surface area contributed by atoms with Crippen LogP contribution < -0.4 is 10.6 Å². The average Bonchev–Trinajstić information content (AvgIpc) is 2.89. The molecular weight excluding hydrogens is 382 g/mol. The molecule has 24 heavy (non-hydrogen) atoms. The van der Waals surface area contributed by atoms with Crippen molar-refractivity contribution in [2.45, 2.75) is 6.92 Å². The van der Waals surface area contributed by atoms with Gasteiger partial charge in [-0.05, 0) is 35.0 Å². The van der Waals surface area contributed by atoms with Crippen molar-refractivity contribution < 1.29 is 8.78 Å². The molecule has 0 aliphatic heterocycles. The second kappa shape index (κ2) is 6.52. The number of anilines is 3. The Kier molecular flexibility index (Phi) is 4.43. The van der Waals surface area contributed by atoms with Crippen LogP contribution in [0.4, 0.5) is 26.2 Å². The van der Waals surface area contributed by atoms with E-state index in [0.29, 0.717) is 23.1 Å². The minimum absolute atomic E-state index is 0.288. The van der Waals surface area contributed by atoms with Crippen LogP contribution >= 0.6 is 15.9 Å². The number of nitrogens with zero attached hydrogens (tertiary/aromatic N) is 4. The molecule has 0 bridgehead atoms. The molecule has 0 amide bonds. The van der Waals surface area contributed by atoms with Crippen molar-refractivity contribution in [1.29, 1.82) is 0 Å². The van der Waals surface area contributed by atoms with Gasteiger partial charge in [0.2, 0.25) is 5.95 Å². The van der Waals surface area contributed by atoms with Gasteiger partial charge in [-0.2, -0.15) is 10.1 Å². The number of rotatable bonds is 4. The number of halogens is 3. The molecule has 0 spiro atoms. The first kappa shape index (κ1) is 16.3. The van der Waals surface area contributed by atoms with Crippen molar-refractivity contribution >= 4 is 33.4 Å². The maximum atomic E-state index is 13.4. The van der Waals surface area contributed by atoms with Crippen molar-refractivity contribution in [1.82, 2.24) is 19.7 Å². The highest BCUT2D eigenvalue weighted by atomic mass is 79.9. The topological polar surface area (TPSA) is 67.7 Å². The molecule has 0 unspecified atom stereocenters. The normalized spacial score (nSPS) is 10.7. The lowest BCUT2D eigenvalue weighted by Crippen LogP contribution is -2.01. The molecule has 3 aromatic rings. The van der Waals surface area contributed by atoms with E-state index >= 15 is 0 Å². The fourth-order valence-corrected chi connectivity index (χ4v) is 2.50. The molecule has 6 nitrogen and oxygen atoms in total. The molecule has 0 atom stereocenters. The monoisotopic (exact) mass is 394 g/mol. The van der Waals surface area contributed by atoms with Gasteiger partial charge in [0.05, 0.1) is 27.7 Å². The Morgan fingerprint density at radius 1 is 1.17 bits per heavy atom. The SMILES string of the molecule is CNc1nc(Nc2cn(-c3cc(F)cc(F)c3)nc2C)ncc1Br. The number of aryl methyl sites for hydroxylation is 1. The summed E-state index contributed by atoms with van der Waals surface area (Å²) in [6, 6.07) is 3.22. The van der Waals surface area contributed by atoms with Gasteiger partial charge in [-0.1, -0.05) is 0 Å². The minimum atomic E-state index is -0.664. The zero-order chi connectivity index (χ0) is 17.3. The van der Waals surface area contributed by atoms with Crippen molar-refractivity contribution in [2.75, 3.05) is 17.7 Å². The summed E-state index contributed by atoms with van der Waals surface area (Å²) in [5, 5.41) is 10.2. The number of hydrogen-bond donors (Lipinski definition) is 2. The van der Waals surface area contributed by atoms with Gasteiger partial charge in [0.15, 0.2) is 0 Å². The number of aromatic nitrogens is 4. The summed E-state index contributed by atoms with van der Waals surface area (Å²) in [6.45, 7) is 1.77. The van der Waals surface area contributed by atoms with E-state index < -0.39 is 11.6 Å². The molecule has 3 rings (SSSR count). The Balaban J connectivity index is 1.92. The molecule has 0 radical (unpaired) electrons. The number of benzene rings is 1. The van der Waals surface area contributed by atoms with Crippen LogP contribution in [-0.2, 0) is 0 Å². The van der Waals surface area contributed by atoms with Gasteiger partial charge in [0.25, 0.3) is 0 Å². The van der Waals surface area contributed by atoms with E-state index in [2.05, 4.69) is 41.6 Å². The maximum absolute atomic E-state index is 13.4. The summed E-state index contributed by atoms with van der Waals surface area (Å²) in [6.07, 6.45) is 3.23. The van der Waals surface area contributed by atoms with Gasteiger partial charge < -0.3 is 10.6 Å². The lowest BCUT2D eigenvalue weighted by molar-refractivity contribution is 0.580. The highest BCUT2D eigenvalue weighted by Gasteiger charge is 2.11. The third kappa shape index (κ3) is 3.35. The Hall–Kier alpha value is -2.55. The third-order valence-electron chi connectivity index (χ3n) is 3.24. The molecule has 124 valence electrons. The average molecular weight is 395 g/mol. The van der Waals surface area contributed by atoms with E-state index in [0.717, 1.165) is 10.5 Å². The van der Waals surface area contributed by atoms with Crippen LogP contribution in [0.1, 0.15) is 5.69 Å². The smallest absolute Gasteiger partial charge is 0.229 e. The fraction of sp³-hybridized carbons (Fsp3) is 0.133. The molecule has 2 heterocycles. The van der Waals surface area contributed by atoms with Crippen molar-refractivity contribution in [2.24, 2.45) is 0 Å². The molecule has 0 aliphatic rings. The van der Waals surface area contributed by atoms with E-state index in [9.17, 15) is 8.78 Å². The summed E-state index contributed by atoms with van der Waals surface area (Å²) in [4.78, 5) is 8.47. The second-order valence-corrected chi connectivity index (χ2v) is 5.82. The first-order valence-corrected chi connectivity index (χ1v) is 7.75. The van der Waals surface area contributed by atoms with Crippen LogP contribution in [0.5, 0.6) is 0 Å². The molecule has 9 heteroatoms. The van der Waals surface area contributed by atoms with Crippen LogP contribution in [-0.4, -0.2) is 26.8 Å². The predicted molar refractivity (Wildman–Crippen MR) is 90.8 cm³/mol. The summed E-state index contributed by atoms with van der Waals surface area (Å²) in [7, 11) is 1.75.